The average molecular weight is 555 g/mol. The second kappa shape index (κ2) is 20.7. The van der Waals surface area contributed by atoms with E-state index in [-0.39, 0.29) is 62.9 Å². The summed E-state index contributed by atoms with van der Waals surface area (Å²) in [6.45, 7) is 5.34. The summed E-state index contributed by atoms with van der Waals surface area (Å²) in [4.78, 5) is 70.8. The molecule has 9 N–H and O–H groups in total. The Balaban J connectivity index is 4.27. The van der Waals surface area contributed by atoms with Crippen LogP contribution in [0.2, 0.25) is 13.1 Å². The highest BCUT2D eigenvalue weighted by molar-refractivity contribution is 6.39. The van der Waals surface area contributed by atoms with E-state index in [1.54, 1.807) is 14.1 Å². The molecule has 0 aliphatic heterocycles. The molecule has 0 bridgehead atoms. The Kier molecular flexibility index (Phi) is 19.0. The molecule has 3 atom stereocenters. The normalized spacial score (nSPS) is 13.0. The SMILES string of the molecule is C[B]CC(=O)N[C@H](C(=O)NCCCC(=O)N[C@@H](CCCCNC(=O)[C@@H](N)CCNC(=O)CO)C(=O)O)C(C)C. The first-order valence-corrected chi connectivity index (χ1v) is 13.2. The Morgan fingerprint density at radius 3 is 2.03 bits per heavy atom. The van der Waals surface area contributed by atoms with Gasteiger partial charge in [-0.05, 0) is 44.3 Å². The maximum atomic E-state index is 12.4. The average Bonchev–Trinajstić information content (AvgIpc) is 2.88. The number of carbonyl (C=O) groups is 6. The molecule has 0 unspecified atom stereocenters. The van der Waals surface area contributed by atoms with Gasteiger partial charge in [0, 0.05) is 26.1 Å². The molecule has 0 fully saturated rings. The van der Waals surface area contributed by atoms with E-state index in [1.165, 1.54) is 0 Å². The number of hydrogen-bond acceptors (Lipinski definition) is 8. The van der Waals surface area contributed by atoms with E-state index in [0.29, 0.717) is 19.3 Å². The Hall–Kier alpha value is -3.20. The first-order valence-electron chi connectivity index (χ1n) is 13.2. The highest BCUT2D eigenvalue weighted by atomic mass is 16.4. The molecule has 0 saturated heterocycles. The van der Waals surface area contributed by atoms with Crippen LogP contribution in [0.25, 0.3) is 0 Å². The van der Waals surface area contributed by atoms with Gasteiger partial charge in [-0.3, -0.25) is 24.0 Å². The second-order valence-corrected chi connectivity index (χ2v) is 9.44. The summed E-state index contributed by atoms with van der Waals surface area (Å²) in [6, 6.07) is -2.62. The lowest BCUT2D eigenvalue weighted by Gasteiger charge is -2.21. The molecular weight excluding hydrogens is 511 g/mol. The van der Waals surface area contributed by atoms with Crippen molar-refractivity contribution >= 4 is 42.8 Å². The number of carbonyl (C=O) groups excluding carboxylic acids is 5. The van der Waals surface area contributed by atoms with Gasteiger partial charge in [0.25, 0.3) is 0 Å². The van der Waals surface area contributed by atoms with E-state index >= 15 is 0 Å². The summed E-state index contributed by atoms with van der Waals surface area (Å²) < 4.78 is 0. The minimum atomic E-state index is -1.17. The van der Waals surface area contributed by atoms with Crippen molar-refractivity contribution in [2.75, 3.05) is 26.2 Å². The maximum Gasteiger partial charge on any atom is 0.326 e. The Morgan fingerprint density at radius 1 is 0.795 bits per heavy atom. The van der Waals surface area contributed by atoms with Gasteiger partial charge in [0.15, 0.2) is 0 Å². The van der Waals surface area contributed by atoms with Gasteiger partial charge in [-0.15, -0.1) is 0 Å². The van der Waals surface area contributed by atoms with Crippen LogP contribution < -0.4 is 32.3 Å². The van der Waals surface area contributed by atoms with Crippen molar-refractivity contribution in [1.82, 2.24) is 26.6 Å². The predicted octanol–water partition coefficient (Wildman–Crippen LogP) is -2.12. The molecule has 0 aromatic heterocycles. The number of carboxylic acid groups (broad SMARTS) is 1. The lowest BCUT2D eigenvalue weighted by molar-refractivity contribution is -0.142. The van der Waals surface area contributed by atoms with Crippen LogP contribution in [0, 0.1) is 5.92 Å². The van der Waals surface area contributed by atoms with Gasteiger partial charge in [-0.25, -0.2) is 4.79 Å². The highest BCUT2D eigenvalue weighted by Crippen LogP contribution is 2.04. The molecule has 1 radical (unpaired) electrons. The lowest BCUT2D eigenvalue weighted by atomic mass is 9.78. The van der Waals surface area contributed by atoms with Crippen LogP contribution in [0.5, 0.6) is 0 Å². The van der Waals surface area contributed by atoms with Crippen molar-refractivity contribution in [3.8, 4) is 0 Å². The topological polar surface area (TPSA) is 229 Å². The number of aliphatic carboxylic acids is 1. The zero-order valence-electron chi connectivity index (χ0n) is 23.1. The molecule has 0 aliphatic carbocycles. The number of rotatable bonds is 21. The Labute approximate surface area is 230 Å². The number of aliphatic hydroxyl groups excluding tert-OH is 1. The van der Waals surface area contributed by atoms with Crippen LogP contribution in [-0.2, 0) is 28.8 Å². The fourth-order valence-electron chi connectivity index (χ4n) is 3.42. The Bertz CT molecular complexity index is 813. The first-order chi connectivity index (χ1) is 18.4. The van der Waals surface area contributed by atoms with Gasteiger partial charge in [-0.1, -0.05) is 20.7 Å². The van der Waals surface area contributed by atoms with Gasteiger partial charge < -0.3 is 42.5 Å². The number of nitrogens with two attached hydrogens (primary N) is 1. The van der Waals surface area contributed by atoms with Crippen LogP contribution in [0.3, 0.4) is 0 Å². The summed E-state index contributed by atoms with van der Waals surface area (Å²) in [5, 5.41) is 30.9. The molecule has 14 nitrogen and oxygen atoms in total. The third kappa shape index (κ3) is 17.1. The maximum absolute atomic E-state index is 12.4. The highest BCUT2D eigenvalue weighted by Gasteiger charge is 2.24. The molecule has 15 heteroatoms. The van der Waals surface area contributed by atoms with Crippen LogP contribution in [0.4, 0.5) is 0 Å². The molecule has 0 heterocycles. The summed E-state index contributed by atoms with van der Waals surface area (Å²) in [6.07, 6.45) is 1.77. The van der Waals surface area contributed by atoms with Crippen LogP contribution in [-0.4, -0.2) is 97.4 Å². The second-order valence-electron chi connectivity index (χ2n) is 9.44. The van der Waals surface area contributed by atoms with Crippen molar-refractivity contribution in [3.63, 3.8) is 0 Å². The van der Waals surface area contributed by atoms with Crippen LogP contribution in [0.1, 0.15) is 52.4 Å². The molecule has 0 aromatic carbocycles. The van der Waals surface area contributed by atoms with E-state index < -0.39 is 48.4 Å². The number of hydrogen-bond donors (Lipinski definition) is 8. The van der Waals surface area contributed by atoms with E-state index in [4.69, 9.17) is 10.8 Å². The number of nitrogens with one attached hydrogen (secondary N) is 5. The minimum absolute atomic E-state index is 0.0142. The number of carboxylic acids is 1. The van der Waals surface area contributed by atoms with E-state index in [2.05, 4.69) is 26.6 Å². The van der Waals surface area contributed by atoms with Crippen LogP contribution >= 0.6 is 0 Å². The zero-order valence-corrected chi connectivity index (χ0v) is 23.1. The van der Waals surface area contributed by atoms with Gasteiger partial charge in [-0.2, -0.15) is 0 Å². The van der Waals surface area contributed by atoms with Crippen molar-refractivity contribution in [3.05, 3.63) is 0 Å². The molecule has 0 aromatic rings. The smallest absolute Gasteiger partial charge is 0.326 e. The summed E-state index contributed by atoms with van der Waals surface area (Å²) in [7, 11) is 1.69. The van der Waals surface area contributed by atoms with Crippen LogP contribution in [0.15, 0.2) is 0 Å². The van der Waals surface area contributed by atoms with Gasteiger partial charge in [0.2, 0.25) is 29.5 Å². The molecule has 5 amide bonds. The number of aliphatic hydroxyl groups is 1. The van der Waals surface area contributed by atoms with E-state index in [1.807, 2.05) is 13.8 Å². The first kappa shape index (κ1) is 35.8. The Morgan fingerprint density at radius 2 is 1.44 bits per heavy atom. The number of unbranched alkanes of at least 4 members (excludes halogenated alkanes) is 1. The third-order valence-electron chi connectivity index (χ3n) is 5.64. The monoisotopic (exact) mass is 555 g/mol. The van der Waals surface area contributed by atoms with Crippen molar-refractivity contribution in [1.29, 1.82) is 0 Å². The fraction of sp³-hybridized carbons (Fsp3) is 0.750. The van der Waals surface area contributed by atoms with Crippen molar-refractivity contribution < 1.29 is 39.0 Å². The van der Waals surface area contributed by atoms with Crippen molar-refractivity contribution in [2.24, 2.45) is 11.7 Å². The van der Waals surface area contributed by atoms with E-state index in [0.717, 1.165) is 0 Å². The summed E-state index contributed by atoms with van der Waals surface area (Å²) >= 11 is 0. The molecular formula is C24H44BN6O8. The zero-order chi connectivity index (χ0) is 29.8. The molecule has 0 aliphatic rings. The minimum Gasteiger partial charge on any atom is -0.480 e. The molecule has 0 saturated carbocycles. The van der Waals surface area contributed by atoms with Gasteiger partial charge in [0.05, 0.1) is 6.04 Å². The van der Waals surface area contributed by atoms with Crippen molar-refractivity contribution in [2.45, 2.75) is 83.6 Å². The number of amides is 5. The summed E-state index contributed by atoms with van der Waals surface area (Å²) in [5.41, 5.74) is 5.73. The molecule has 221 valence electrons. The fourth-order valence-corrected chi connectivity index (χ4v) is 3.42. The summed E-state index contributed by atoms with van der Waals surface area (Å²) in [5.74, 6) is -3.33. The standard InChI is InChI=1S/C24H44BN6O8/c1-15(2)21(31-19(34)13-25-3)23(37)29-11-6-8-18(33)30-17(24(38)39)7-4-5-10-28-22(36)16(26)9-12-27-20(35)14-32/h15-17,21,32H,4-14,26H2,1-3H3,(H,27,35)(H,28,36)(H,29,37)(H,30,33)(H,31,34)(H,38,39)/t16-,17-,21-/m0/s1. The van der Waals surface area contributed by atoms with Gasteiger partial charge in [0.1, 0.15) is 26.0 Å². The largest absolute Gasteiger partial charge is 0.480 e. The quantitative estimate of drug-likeness (QED) is 0.0571. The lowest BCUT2D eigenvalue weighted by Crippen LogP contribution is -2.50. The van der Waals surface area contributed by atoms with Gasteiger partial charge >= 0.3 is 5.97 Å². The predicted molar refractivity (Wildman–Crippen MR) is 145 cm³/mol. The molecule has 0 spiro atoms. The van der Waals surface area contributed by atoms with E-state index in [9.17, 15) is 33.9 Å². The molecule has 0 rings (SSSR count). The molecule has 39 heavy (non-hydrogen) atoms. The third-order valence-corrected chi connectivity index (χ3v) is 5.64.